The van der Waals surface area contributed by atoms with E-state index in [1.165, 1.54) is 16.7 Å². The van der Waals surface area contributed by atoms with Crippen LogP contribution in [0.3, 0.4) is 0 Å². The highest BCUT2D eigenvalue weighted by atomic mass is 32.2. The SMILES string of the molecule is CCCCCOc1ccc(/C=C2\SC(=S)N(CCCC(=O)O)C2=O)cc1. The molecule has 1 aromatic carbocycles. The van der Waals surface area contributed by atoms with E-state index >= 15 is 0 Å². The van der Waals surface area contributed by atoms with Gasteiger partial charge in [0.05, 0.1) is 11.5 Å². The second-order valence-corrected chi connectivity index (χ2v) is 7.63. The van der Waals surface area contributed by atoms with Gasteiger partial charge in [-0.05, 0) is 36.6 Å². The van der Waals surface area contributed by atoms with Crippen molar-refractivity contribution in [2.24, 2.45) is 0 Å². The summed E-state index contributed by atoms with van der Waals surface area (Å²) in [7, 11) is 0. The van der Waals surface area contributed by atoms with Crippen molar-refractivity contribution < 1.29 is 19.4 Å². The molecule has 7 heteroatoms. The fourth-order valence-corrected chi connectivity index (χ4v) is 3.74. The van der Waals surface area contributed by atoms with Gasteiger partial charge in [0.25, 0.3) is 5.91 Å². The summed E-state index contributed by atoms with van der Waals surface area (Å²) >= 11 is 6.49. The molecule has 5 nitrogen and oxygen atoms in total. The van der Waals surface area contributed by atoms with Crippen molar-refractivity contribution in [1.29, 1.82) is 0 Å². The quantitative estimate of drug-likeness (QED) is 0.363. The predicted octanol–water partition coefficient (Wildman–Crippen LogP) is 4.32. The van der Waals surface area contributed by atoms with E-state index in [9.17, 15) is 9.59 Å². The molecule has 1 saturated heterocycles. The maximum absolute atomic E-state index is 12.4. The third kappa shape index (κ3) is 6.14. The number of carboxylic acids is 1. The van der Waals surface area contributed by atoms with Crippen LogP contribution >= 0.6 is 24.0 Å². The molecule has 2 rings (SSSR count). The van der Waals surface area contributed by atoms with Gasteiger partial charge in [-0.1, -0.05) is 55.9 Å². The maximum atomic E-state index is 12.4. The van der Waals surface area contributed by atoms with Gasteiger partial charge in [0.1, 0.15) is 10.1 Å². The summed E-state index contributed by atoms with van der Waals surface area (Å²) in [5.74, 6) is -0.215. The lowest BCUT2D eigenvalue weighted by atomic mass is 10.2. The Kier molecular flexibility index (Phi) is 8.12. The number of unbranched alkanes of at least 4 members (excludes halogenated alkanes) is 2. The zero-order chi connectivity index (χ0) is 18.9. The highest BCUT2D eigenvalue weighted by Crippen LogP contribution is 2.32. The zero-order valence-electron chi connectivity index (χ0n) is 14.8. The van der Waals surface area contributed by atoms with Crippen molar-refractivity contribution in [3.8, 4) is 5.75 Å². The highest BCUT2D eigenvalue weighted by Gasteiger charge is 2.31. The van der Waals surface area contributed by atoms with Gasteiger partial charge in [0, 0.05) is 13.0 Å². The topological polar surface area (TPSA) is 66.8 Å². The van der Waals surface area contributed by atoms with Crippen LogP contribution in [0, 0.1) is 0 Å². The van der Waals surface area contributed by atoms with Crippen LogP contribution in [0.2, 0.25) is 0 Å². The Balaban J connectivity index is 1.93. The molecule has 0 saturated carbocycles. The smallest absolute Gasteiger partial charge is 0.303 e. The van der Waals surface area contributed by atoms with E-state index in [1.54, 1.807) is 6.08 Å². The largest absolute Gasteiger partial charge is 0.494 e. The standard InChI is InChI=1S/C19H23NO4S2/c1-2-3-4-12-24-15-9-7-14(8-10-15)13-16-18(23)20(19(25)26-16)11-5-6-17(21)22/h7-10,13H,2-6,11-12H2,1H3,(H,21,22)/b16-13-. The van der Waals surface area contributed by atoms with Crippen molar-refractivity contribution >= 4 is 46.3 Å². The lowest BCUT2D eigenvalue weighted by Gasteiger charge is -2.13. The monoisotopic (exact) mass is 393 g/mol. The number of rotatable bonds is 10. The van der Waals surface area contributed by atoms with Gasteiger partial charge in [-0.25, -0.2) is 0 Å². The van der Waals surface area contributed by atoms with E-state index in [0.717, 1.165) is 30.6 Å². The van der Waals surface area contributed by atoms with E-state index in [0.29, 0.717) is 28.8 Å². The summed E-state index contributed by atoms with van der Waals surface area (Å²) in [5, 5.41) is 8.71. The number of aliphatic carboxylic acids is 1. The summed E-state index contributed by atoms with van der Waals surface area (Å²) < 4.78 is 6.16. The summed E-state index contributed by atoms with van der Waals surface area (Å²) in [6.45, 7) is 3.20. The fourth-order valence-electron chi connectivity index (χ4n) is 2.43. The Morgan fingerprint density at radius 3 is 2.65 bits per heavy atom. The zero-order valence-corrected chi connectivity index (χ0v) is 16.4. The number of ether oxygens (including phenoxy) is 1. The van der Waals surface area contributed by atoms with Crippen LogP contribution < -0.4 is 4.74 Å². The van der Waals surface area contributed by atoms with Crippen molar-refractivity contribution in [2.75, 3.05) is 13.2 Å². The molecule has 1 N–H and O–H groups in total. The van der Waals surface area contributed by atoms with Crippen LogP contribution in [-0.4, -0.2) is 39.4 Å². The van der Waals surface area contributed by atoms with Crippen molar-refractivity contribution in [2.45, 2.75) is 39.0 Å². The number of carbonyl (C=O) groups is 2. The number of nitrogens with zero attached hydrogens (tertiary/aromatic N) is 1. The van der Waals surface area contributed by atoms with E-state index in [1.807, 2.05) is 24.3 Å². The Labute approximate surface area is 163 Å². The average Bonchev–Trinajstić information content (AvgIpc) is 2.87. The average molecular weight is 394 g/mol. The summed E-state index contributed by atoms with van der Waals surface area (Å²) in [6.07, 6.45) is 5.58. The maximum Gasteiger partial charge on any atom is 0.303 e. The molecule has 0 radical (unpaired) electrons. The number of hydrogen-bond acceptors (Lipinski definition) is 5. The van der Waals surface area contributed by atoms with Crippen molar-refractivity contribution in [1.82, 2.24) is 4.90 Å². The van der Waals surface area contributed by atoms with E-state index < -0.39 is 5.97 Å². The molecule has 1 heterocycles. The molecule has 140 valence electrons. The second kappa shape index (κ2) is 10.3. The minimum Gasteiger partial charge on any atom is -0.494 e. The van der Waals surface area contributed by atoms with E-state index in [-0.39, 0.29) is 12.3 Å². The normalized spacial score (nSPS) is 15.7. The molecule has 0 aliphatic carbocycles. The molecular weight excluding hydrogens is 370 g/mol. The molecular formula is C19H23NO4S2. The number of benzene rings is 1. The van der Waals surface area contributed by atoms with Gasteiger partial charge in [0.15, 0.2) is 0 Å². The lowest BCUT2D eigenvalue weighted by molar-refractivity contribution is -0.137. The van der Waals surface area contributed by atoms with Gasteiger partial charge >= 0.3 is 5.97 Å². The molecule has 1 aliphatic rings. The molecule has 0 bridgehead atoms. The Bertz CT molecular complexity index is 685. The molecule has 0 spiro atoms. The molecule has 1 fully saturated rings. The van der Waals surface area contributed by atoms with Gasteiger partial charge in [-0.3, -0.25) is 14.5 Å². The molecule has 0 unspecified atom stereocenters. The number of carbonyl (C=O) groups excluding carboxylic acids is 1. The summed E-state index contributed by atoms with van der Waals surface area (Å²) in [4.78, 5) is 25.1. The van der Waals surface area contributed by atoms with Crippen LogP contribution in [0.4, 0.5) is 0 Å². The number of carboxylic acid groups (broad SMARTS) is 1. The number of thiocarbonyl (C=S) groups is 1. The van der Waals surface area contributed by atoms with Gasteiger partial charge in [-0.15, -0.1) is 0 Å². The Hall–Kier alpha value is -1.86. The van der Waals surface area contributed by atoms with Gasteiger partial charge in [0.2, 0.25) is 0 Å². The first-order valence-electron chi connectivity index (χ1n) is 8.71. The summed E-state index contributed by atoms with van der Waals surface area (Å²) in [6, 6.07) is 7.61. The van der Waals surface area contributed by atoms with Crippen LogP contribution in [0.5, 0.6) is 5.75 Å². The second-order valence-electron chi connectivity index (χ2n) is 5.96. The molecule has 1 aliphatic heterocycles. The molecule has 1 amide bonds. The van der Waals surface area contributed by atoms with Crippen LogP contribution in [-0.2, 0) is 9.59 Å². The minimum atomic E-state index is -0.872. The Morgan fingerprint density at radius 2 is 2.00 bits per heavy atom. The predicted molar refractivity (Wildman–Crippen MR) is 108 cm³/mol. The summed E-state index contributed by atoms with van der Waals surface area (Å²) in [5.41, 5.74) is 0.900. The molecule has 26 heavy (non-hydrogen) atoms. The van der Waals surface area contributed by atoms with Crippen molar-refractivity contribution in [3.63, 3.8) is 0 Å². The molecule has 0 atom stereocenters. The Morgan fingerprint density at radius 1 is 1.27 bits per heavy atom. The number of amides is 1. The highest BCUT2D eigenvalue weighted by molar-refractivity contribution is 8.26. The van der Waals surface area contributed by atoms with Gasteiger partial charge in [-0.2, -0.15) is 0 Å². The van der Waals surface area contributed by atoms with Crippen LogP contribution in [0.25, 0.3) is 6.08 Å². The first-order valence-corrected chi connectivity index (χ1v) is 9.93. The third-order valence-electron chi connectivity index (χ3n) is 3.84. The van der Waals surface area contributed by atoms with Crippen molar-refractivity contribution in [3.05, 3.63) is 34.7 Å². The van der Waals surface area contributed by atoms with Crippen LogP contribution in [0.15, 0.2) is 29.2 Å². The van der Waals surface area contributed by atoms with Gasteiger partial charge < -0.3 is 9.84 Å². The van der Waals surface area contributed by atoms with Crippen LogP contribution in [0.1, 0.15) is 44.6 Å². The fraction of sp³-hybridized carbons (Fsp3) is 0.421. The van der Waals surface area contributed by atoms with E-state index in [2.05, 4.69) is 6.92 Å². The number of hydrogen-bond donors (Lipinski definition) is 1. The first kappa shape index (κ1) is 20.5. The molecule has 1 aromatic rings. The minimum absolute atomic E-state index is 0.0236. The molecule has 0 aromatic heterocycles. The van der Waals surface area contributed by atoms with E-state index in [4.69, 9.17) is 22.1 Å². The lowest BCUT2D eigenvalue weighted by Crippen LogP contribution is -2.29. The first-order chi connectivity index (χ1) is 12.5. The third-order valence-corrected chi connectivity index (χ3v) is 5.22. The number of thioether (sulfide) groups is 1.